The van der Waals surface area contributed by atoms with Crippen LogP contribution < -0.4 is 0 Å². The predicted octanol–water partition coefficient (Wildman–Crippen LogP) is 2.78. The largest absolute Gasteiger partial charge is 0.384 e. The van der Waals surface area contributed by atoms with Gasteiger partial charge in [-0.1, -0.05) is 11.6 Å². The maximum atomic E-state index is 12.7. The zero-order valence-electron chi connectivity index (χ0n) is 15.6. The molecule has 0 saturated carbocycles. The molecule has 0 bridgehead atoms. The third kappa shape index (κ3) is 5.33. The van der Waals surface area contributed by atoms with Crippen LogP contribution in [0.15, 0.2) is 41.3 Å². The fourth-order valence-electron chi connectivity index (χ4n) is 3.06. The molecule has 9 heteroatoms. The summed E-state index contributed by atoms with van der Waals surface area (Å²) in [7, 11) is -1.93. The summed E-state index contributed by atoms with van der Waals surface area (Å²) >= 11 is 7.56. The van der Waals surface area contributed by atoms with E-state index in [1.54, 1.807) is 23.5 Å². The quantitative estimate of drug-likeness (QED) is 0.659. The molecule has 152 valence electrons. The number of rotatable bonds is 7. The number of hydrogen-bond donors (Lipinski definition) is 0. The van der Waals surface area contributed by atoms with Crippen LogP contribution in [-0.2, 0) is 21.1 Å². The second kappa shape index (κ2) is 9.37. The van der Waals surface area contributed by atoms with Gasteiger partial charge >= 0.3 is 0 Å². The molecule has 0 spiro atoms. The van der Waals surface area contributed by atoms with Crippen molar-refractivity contribution >= 4 is 38.7 Å². The first-order valence-electron chi connectivity index (χ1n) is 8.96. The summed E-state index contributed by atoms with van der Waals surface area (Å²) in [5.74, 6) is -0.145. The molecule has 1 aromatic carbocycles. The van der Waals surface area contributed by atoms with Crippen LogP contribution in [0.5, 0.6) is 0 Å². The van der Waals surface area contributed by atoms with Gasteiger partial charge in [-0.15, -0.1) is 11.3 Å². The van der Waals surface area contributed by atoms with Gasteiger partial charge in [0.2, 0.25) is 0 Å². The molecule has 0 aliphatic carbocycles. The summed E-state index contributed by atoms with van der Waals surface area (Å²) in [5.41, 5.74) is 0.504. The van der Waals surface area contributed by atoms with Crippen molar-refractivity contribution in [1.29, 1.82) is 0 Å². The summed E-state index contributed by atoms with van der Waals surface area (Å²) in [5, 5.41) is 0. The van der Waals surface area contributed by atoms with Gasteiger partial charge in [-0.25, -0.2) is 8.42 Å². The molecule has 1 amide bonds. The smallest absolute Gasteiger partial charge is 0.253 e. The normalized spacial score (nSPS) is 15.7. The van der Waals surface area contributed by atoms with Crippen molar-refractivity contribution in [3.8, 4) is 0 Å². The first-order valence-corrected chi connectivity index (χ1v) is 11.8. The third-order valence-electron chi connectivity index (χ3n) is 4.68. The van der Waals surface area contributed by atoms with Gasteiger partial charge in [0, 0.05) is 50.3 Å². The first-order chi connectivity index (χ1) is 13.4. The Kier molecular flexibility index (Phi) is 7.11. The van der Waals surface area contributed by atoms with E-state index in [4.69, 9.17) is 16.3 Å². The maximum absolute atomic E-state index is 12.7. The number of piperazine rings is 1. The Bertz CT molecular complexity index is 904. The number of carbonyl (C=O) groups excluding carboxylic acids is 1. The number of benzene rings is 1. The van der Waals surface area contributed by atoms with Gasteiger partial charge in [0.15, 0.2) is 9.84 Å². The molecule has 28 heavy (non-hydrogen) atoms. The van der Waals surface area contributed by atoms with Crippen LogP contribution in [0, 0.1) is 0 Å². The van der Waals surface area contributed by atoms with Crippen LogP contribution in [-0.4, -0.2) is 69.8 Å². The predicted molar refractivity (Wildman–Crippen MR) is 111 cm³/mol. The molecule has 2 aromatic rings. The molecule has 0 N–H and O–H groups in total. The lowest BCUT2D eigenvalue weighted by Gasteiger charge is -2.34. The van der Waals surface area contributed by atoms with E-state index in [2.05, 4.69) is 4.90 Å². The van der Waals surface area contributed by atoms with E-state index in [1.165, 1.54) is 24.1 Å². The van der Waals surface area contributed by atoms with Crippen molar-refractivity contribution < 1.29 is 17.9 Å². The number of nitrogens with zero attached hydrogens (tertiary/aromatic N) is 2. The average Bonchev–Trinajstić information content (AvgIpc) is 3.11. The zero-order chi connectivity index (χ0) is 20.1. The highest BCUT2D eigenvalue weighted by Crippen LogP contribution is 2.23. The molecule has 1 aromatic heterocycles. The van der Waals surface area contributed by atoms with Crippen molar-refractivity contribution in [2.24, 2.45) is 0 Å². The Morgan fingerprint density at radius 2 is 1.79 bits per heavy atom. The number of sulfone groups is 1. The molecule has 0 atom stereocenters. The van der Waals surface area contributed by atoms with Crippen LogP contribution in [0.3, 0.4) is 0 Å². The molecule has 0 unspecified atom stereocenters. The van der Waals surface area contributed by atoms with E-state index in [0.29, 0.717) is 18.7 Å². The maximum Gasteiger partial charge on any atom is 0.253 e. The lowest BCUT2D eigenvalue weighted by molar-refractivity contribution is 0.0629. The lowest BCUT2D eigenvalue weighted by atomic mass is 10.2. The van der Waals surface area contributed by atoms with Gasteiger partial charge in [0.1, 0.15) is 0 Å². The Hall–Kier alpha value is -1.45. The topological polar surface area (TPSA) is 66.9 Å². The molecule has 1 fully saturated rings. The highest BCUT2D eigenvalue weighted by Gasteiger charge is 2.23. The molecular weight excluding hydrogens is 420 g/mol. The van der Waals surface area contributed by atoms with Crippen molar-refractivity contribution in [2.75, 3.05) is 45.6 Å². The van der Waals surface area contributed by atoms with Gasteiger partial charge in [0.05, 0.1) is 21.6 Å². The van der Waals surface area contributed by atoms with E-state index in [9.17, 15) is 13.2 Å². The van der Waals surface area contributed by atoms with Crippen LogP contribution in [0.25, 0.3) is 0 Å². The van der Waals surface area contributed by atoms with Crippen molar-refractivity contribution in [3.63, 3.8) is 0 Å². The van der Waals surface area contributed by atoms with E-state index < -0.39 is 9.84 Å². The van der Waals surface area contributed by atoms with Gasteiger partial charge in [-0.3, -0.25) is 9.69 Å². The zero-order valence-corrected chi connectivity index (χ0v) is 18.0. The molecule has 1 aliphatic rings. The summed E-state index contributed by atoms with van der Waals surface area (Å²) < 4.78 is 30.0. The summed E-state index contributed by atoms with van der Waals surface area (Å²) in [4.78, 5) is 18.3. The van der Waals surface area contributed by atoms with E-state index in [-0.39, 0.29) is 23.2 Å². The van der Waals surface area contributed by atoms with Crippen molar-refractivity contribution in [2.45, 2.75) is 11.4 Å². The third-order valence-corrected chi connectivity index (χ3v) is 7.59. The number of hydrogen-bond acceptors (Lipinski definition) is 6. The summed E-state index contributed by atoms with van der Waals surface area (Å²) in [6, 6.07) is 10.1. The molecule has 1 saturated heterocycles. The Morgan fingerprint density at radius 1 is 1.11 bits per heavy atom. The van der Waals surface area contributed by atoms with Gasteiger partial charge in [-0.2, -0.15) is 0 Å². The number of halogens is 1. The van der Waals surface area contributed by atoms with Crippen molar-refractivity contribution in [1.82, 2.24) is 9.80 Å². The lowest BCUT2D eigenvalue weighted by Crippen LogP contribution is -2.48. The van der Waals surface area contributed by atoms with E-state index >= 15 is 0 Å². The standard InChI is InChI=1S/C19H23ClN2O4S2/c1-26-12-13-28(24,25)17-5-2-15(3-6-17)19(23)22-10-8-21(9-11-22)14-16-4-7-18(20)27-16/h2-7H,8-14H2,1H3. The second-order valence-electron chi connectivity index (χ2n) is 6.61. The summed E-state index contributed by atoms with van der Waals surface area (Å²) in [6.07, 6.45) is 0. The number of thiophene rings is 1. The summed E-state index contributed by atoms with van der Waals surface area (Å²) in [6.45, 7) is 3.87. The minimum atomic E-state index is -3.39. The van der Waals surface area contributed by atoms with E-state index in [0.717, 1.165) is 24.0 Å². The number of amides is 1. The van der Waals surface area contributed by atoms with Crippen LogP contribution in [0.1, 0.15) is 15.2 Å². The Morgan fingerprint density at radius 3 is 2.36 bits per heavy atom. The Labute approximate surface area is 174 Å². The minimum Gasteiger partial charge on any atom is -0.384 e. The fourth-order valence-corrected chi connectivity index (χ4v) is 5.37. The monoisotopic (exact) mass is 442 g/mol. The van der Waals surface area contributed by atoms with Gasteiger partial charge in [0.25, 0.3) is 5.91 Å². The van der Waals surface area contributed by atoms with E-state index in [1.807, 2.05) is 17.0 Å². The van der Waals surface area contributed by atoms with Crippen LogP contribution in [0.2, 0.25) is 4.34 Å². The number of methoxy groups -OCH3 is 1. The molecule has 1 aliphatic heterocycles. The highest BCUT2D eigenvalue weighted by atomic mass is 35.5. The van der Waals surface area contributed by atoms with Crippen LogP contribution >= 0.6 is 22.9 Å². The van der Waals surface area contributed by atoms with Gasteiger partial charge in [-0.05, 0) is 36.4 Å². The van der Waals surface area contributed by atoms with Gasteiger partial charge < -0.3 is 9.64 Å². The SMILES string of the molecule is COCCS(=O)(=O)c1ccc(C(=O)N2CCN(Cc3ccc(Cl)s3)CC2)cc1. The second-order valence-corrected chi connectivity index (χ2v) is 10.5. The molecule has 6 nitrogen and oxygen atoms in total. The first kappa shape index (κ1) is 21.3. The Balaban J connectivity index is 1.56. The highest BCUT2D eigenvalue weighted by molar-refractivity contribution is 7.91. The van der Waals surface area contributed by atoms with Crippen LogP contribution in [0.4, 0.5) is 0 Å². The molecular formula is C19H23ClN2O4S2. The molecule has 2 heterocycles. The average molecular weight is 443 g/mol. The molecule has 0 radical (unpaired) electrons. The number of carbonyl (C=O) groups is 1. The van der Waals surface area contributed by atoms with Crippen molar-refractivity contribution in [3.05, 3.63) is 51.2 Å². The molecule has 3 rings (SSSR count). The number of ether oxygens (including phenoxy) is 1. The minimum absolute atomic E-state index is 0.0698. The fraction of sp³-hybridized carbons (Fsp3) is 0.421.